The van der Waals surface area contributed by atoms with E-state index in [1.54, 1.807) is 30.6 Å². The number of aromatic nitrogens is 5. The molecule has 5 aromatic rings. The number of pyridine rings is 3. The van der Waals surface area contributed by atoms with Gasteiger partial charge in [-0.25, -0.2) is 15.0 Å². The summed E-state index contributed by atoms with van der Waals surface area (Å²) in [6.07, 6.45) is 3.25. The Hall–Kier alpha value is -4.26. The zero-order chi connectivity index (χ0) is 20.7. The van der Waals surface area contributed by atoms with E-state index in [1.807, 2.05) is 54.0 Å². The van der Waals surface area contributed by atoms with Crippen LogP contribution in [0.1, 0.15) is 5.56 Å². The van der Waals surface area contributed by atoms with Gasteiger partial charge in [-0.15, -0.1) is 0 Å². The Morgan fingerprint density at radius 3 is 2.50 bits per heavy atom. The second kappa shape index (κ2) is 6.97. The molecule has 0 aliphatic rings. The van der Waals surface area contributed by atoms with Crippen molar-refractivity contribution in [3.8, 4) is 28.3 Å². The van der Waals surface area contributed by atoms with Crippen LogP contribution in [0.25, 0.3) is 39.5 Å². The van der Waals surface area contributed by atoms with E-state index in [2.05, 4.69) is 9.97 Å². The monoisotopic (exact) mass is 394 g/mol. The highest BCUT2D eigenvalue weighted by Crippen LogP contribution is 2.31. The third-order valence-corrected chi connectivity index (χ3v) is 4.97. The van der Waals surface area contributed by atoms with Crippen LogP contribution < -0.4 is 11.3 Å². The second-order valence-corrected chi connectivity index (χ2v) is 6.99. The van der Waals surface area contributed by atoms with Crippen LogP contribution in [0.15, 0.2) is 77.9 Å². The predicted molar refractivity (Wildman–Crippen MR) is 117 cm³/mol. The molecule has 0 atom stereocenters. The Balaban J connectivity index is 1.83. The van der Waals surface area contributed by atoms with Crippen molar-refractivity contribution >= 4 is 17.0 Å². The zero-order valence-corrected chi connectivity index (χ0v) is 16.2. The number of hydrogen-bond donors (Lipinski definition) is 2. The van der Waals surface area contributed by atoms with E-state index in [-0.39, 0.29) is 5.56 Å². The molecule has 5 rings (SSSR count). The van der Waals surface area contributed by atoms with Crippen molar-refractivity contribution in [3.05, 3.63) is 89.0 Å². The number of nitrogen functional groups attached to an aromatic ring is 1. The van der Waals surface area contributed by atoms with Gasteiger partial charge in [0.15, 0.2) is 11.5 Å². The van der Waals surface area contributed by atoms with Crippen LogP contribution in [-0.4, -0.2) is 24.5 Å². The maximum Gasteiger partial charge on any atom is 0.257 e. The quantitative estimate of drug-likeness (QED) is 0.485. The molecule has 3 N–H and O–H groups in total. The van der Waals surface area contributed by atoms with Gasteiger partial charge in [0.05, 0.1) is 16.8 Å². The van der Waals surface area contributed by atoms with Crippen LogP contribution in [0.2, 0.25) is 0 Å². The van der Waals surface area contributed by atoms with Crippen molar-refractivity contribution in [3.63, 3.8) is 0 Å². The molecular weight excluding hydrogens is 376 g/mol. The lowest BCUT2D eigenvalue weighted by Gasteiger charge is -2.11. The first-order valence-corrected chi connectivity index (χ1v) is 9.47. The van der Waals surface area contributed by atoms with Crippen molar-refractivity contribution < 1.29 is 0 Å². The van der Waals surface area contributed by atoms with Crippen molar-refractivity contribution in [2.45, 2.75) is 6.92 Å². The Morgan fingerprint density at radius 2 is 1.73 bits per heavy atom. The minimum atomic E-state index is -0.192. The predicted octanol–water partition coefficient (Wildman–Crippen LogP) is 3.73. The molecule has 0 unspecified atom stereocenters. The maximum absolute atomic E-state index is 12.3. The normalized spacial score (nSPS) is 11.1. The zero-order valence-electron chi connectivity index (χ0n) is 16.2. The molecule has 0 saturated heterocycles. The van der Waals surface area contributed by atoms with Crippen LogP contribution in [-0.2, 0) is 0 Å². The van der Waals surface area contributed by atoms with Crippen LogP contribution in [0, 0.1) is 6.92 Å². The summed E-state index contributed by atoms with van der Waals surface area (Å²) >= 11 is 0. The number of aromatic amines is 1. The summed E-state index contributed by atoms with van der Waals surface area (Å²) in [5, 5.41) is 0. The largest absolute Gasteiger partial charge is 0.383 e. The van der Waals surface area contributed by atoms with E-state index in [4.69, 9.17) is 15.7 Å². The van der Waals surface area contributed by atoms with Crippen LogP contribution >= 0.6 is 0 Å². The molecule has 30 heavy (non-hydrogen) atoms. The van der Waals surface area contributed by atoms with Gasteiger partial charge >= 0.3 is 0 Å². The van der Waals surface area contributed by atoms with Crippen LogP contribution in [0.5, 0.6) is 0 Å². The molecule has 0 bridgehead atoms. The molecule has 0 saturated carbocycles. The summed E-state index contributed by atoms with van der Waals surface area (Å²) < 4.78 is 1.95. The van der Waals surface area contributed by atoms with Crippen molar-refractivity contribution in [2.24, 2.45) is 0 Å². The van der Waals surface area contributed by atoms with E-state index in [9.17, 15) is 4.79 Å². The molecule has 0 aliphatic heterocycles. The van der Waals surface area contributed by atoms with Gasteiger partial charge in [-0.05, 0) is 55.5 Å². The molecule has 146 valence electrons. The first-order chi connectivity index (χ1) is 14.6. The summed E-state index contributed by atoms with van der Waals surface area (Å²) in [6.45, 7) is 2.04. The number of H-pyrrole nitrogens is 1. The highest BCUT2D eigenvalue weighted by molar-refractivity contribution is 5.84. The number of rotatable bonds is 3. The van der Waals surface area contributed by atoms with Crippen molar-refractivity contribution in [1.82, 2.24) is 24.5 Å². The smallest absolute Gasteiger partial charge is 0.257 e. The molecule has 0 fully saturated rings. The van der Waals surface area contributed by atoms with E-state index in [0.29, 0.717) is 34.1 Å². The Kier molecular flexibility index (Phi) is 4.14. The van der Waals surface area contributed by atoms with Gasteiger partial charge in [0.1, 0.15) is 11.3 Å². The SMILES string of the molecule is Cc1ccc(-n2c(-c3cccnc3N)nc3ccc(-c4ccc[nH]c4=O)nc32)cc1. The number of anilines is 1. The molecule has 1 aromatic carbocycles. The van der Waals surface area contributed by atoms with Gasteiger partial charge in [-0.2, -0.15) is 0 Å². The highest BCUT2D eigenvalue weighted by atomic mass is 16.1. The fourth-order valence-corrected chi connectivity index (χ4v) is 3.46. The average Bonchev–Trinajstić information content (AvgIpc) is 3.13. The Bertz CT molecular complexity index is 1430. The third kappa shape index (κ3) is 2.93. The topological polar surface area (TPSA) is 102 Å². The first-order valence-electron chi connectivity index (χ1n) is 9.47. The van der Waals surface area contributed by atoms with Gasteiger partial charge < -0.3 is 10.7 Å². The molecule has 4 aromatic heterocycles. The van der Waals surface area contributed by atoms with Crippen LogP contribution in [0.3, 0.4) is 0 Å². The van der Waals surface area contributed by atoms with Gasteiger partial charge in [0.2, 0.25) is 0 Å². The summed E-state index contributed by atoms with van der Waals surface area (Å²) in [6, 6.07) is 19.0. The third-order valence-electron chi connectivity index (χ3n) is 4.97. The van der Waals surface area contributed by atoms with Crippen molar-refractivity contribution in [2.75, 3.05) is 5.73 Å². The van der Waals surface area contributed by atoms with E-state index >= 15 is 0 Å². The number of aryl methyl sites for hydroxylation is 1. The highest BCUT2D eigenvalue weighted by Gasteiger charge is 2.19. The van der Waals surface area contributed by atoms with Gasteiger partial charge in [0.25, 0.3) is 5.56 Å². The molecule has 0 aliphatic carbocycles. The fourth-order valence-electron chi connectivity index (χ4n) is 3.46. The Morgan fingerprint density at radius 1 is 0.933 bits per heavy atom. The van der Waals surface area contributed by atoms with E-state index in [0.717, 1.165) is 16.8 Å². The minimum Gasteiger partial charge on any atom is -0.383 e. The summed E-state index contributed by atoms with van der Waals surface area (Å²) in [5.74, 6) is 1.03. The number of nitrogens with zero attached hydrogens (tertiary/aromatic N) is 4. The molecule has 0 amide bonds. The van der Waals surface area contributed by atoms with Gasteiger partial charge in [-0.3, -0.25) is 9.36 Å². The van der Waals surface area contributed by atoms with E-state index in [1.165, 1.54) is 0 Å². The van der Waals surface area contributed by atoms with E-state index < -0.39 is 0 Å². The molecule has 0 radical (unpaired) electrons. The molecule has 7 nitrogen and oxygen atoms in total. The molecule has 0 spiro atoms. The lowest BCUT2D eigenvalue weighted by Crippen LogP contribution is -2.08. The fraction of sp³-hybridized carbons (Fsp3) is 0.0435. The molecular formula is C23H18N6O. The standard InChI is InChI=1S/C23H18N6O/c1-14-6-8-15(9-7-14)29-21(17-5-3-12-25-20(17)24)28-19-11-10-18(27-22(19)29)16-4-2-13-26-23(16)30/h2-13H,1H3,(H2,24,25)(H,26,30). The summed E-state index contributed by atoms with van der Waals surface area (Å²) in [4.78, 5) is 28.8. The van der Waals surface area contributed by atoms with Gasteiger partial charge in [0, 0.05) is 18.1 Å². The second-order valence-electron chi connectivity index (χ2n) is 6.99. The number of benzene rings is 1. The van der Waals surface area contributed by atoms with Crippen LogP contribution in [0.4, 0.5) is 5.82 Å². The first kappa shape index (κ1) is 17.8. The number of hydrogen-bond acceptors (Lipinski definition) is 5. The molecule has 4 heterocycles. The summed E-state index contributed by atoms with van der Waals surface area (Å²) in [5.41, 5.74) is 11.1. The lowest BCUT2D eigenvalue weighted by atomic mass is 10.2. The van der Waals surface area contributed by atoms with Gasteiger partial charge in [-0.1, -0.05) is 17.7 Å². The number of nitrogens with two attached hydrogens (primary N) is 1. The molecule has 7 heteroatoms. The Labute approximate surface area is 171 Å². The van der Waals surface area contributed by atoms with Crippen molar-refractivity contribution in [1.29, 1.82) is 0 Å². The average molecular weight is 394 g/mol. The lowest BCUT2D eigenvalue weighted by molar-refractivity contribution is 1.07. The number of imidazole rings is 1. The number of nitrogens with one attached hydrogen (secondary N) is 1. The minimum absolute atomic E-state index is 0.192. The summed E-state index contributed by atoms with van der Waals surface area (Å²) in [7, 11) is 0. The maximum atomic E-state index is 12.3. The number of fused-ring (bicyclic) bond motifs is 1.